The van der Waals surface area contributed by atoms with E-state index >= 15 is 0 Å². The van der Waals surface area contributed by atoms with Crippen LogP contribution in [0, 0.1) is 0 Å². The molecule has 1 heterocycles. The fourth-order valence-electron chi connectivity index (χ4n) is 3.53. The molecule has 0 aliphatic carbocycles. The van der Waals surface area contributed by atoms with Crippen LogP contribution in [0.4, 0.5) is 13.2 Å². The van der Waals surface area contributed by atoms with Crippen LogP contribution in [0.2, 0.25) is 0 Å². The van der Waals surface area contributed by atoms with Gasteiger partial charge in [0.25, 0.3) is 5.91 Å². The highest BCUT2D eigenvalue weighted by Gasteiger charge is 2.32. The zero-order valence-electron chi connectivity index (χ0n) is 19.3. The first-order valence-corrected chi connectivity index (χ1v) is 12.3. The minimum absolute atomic E-state index is 0.0747. The first kappa shape index (κ1) is 25.4. The van der Waals surface area contributed by atoms with Crippen molar-refractivity contribution in [1.29, 1.82) is 0 Å². The number of ether oxygens (including phenoxy) is 2. The van der Waals surface area contributed by atoms with Gasteiger partial charge < -0.3 is 18.6 Å². The number of alkyl halides is 3. The first-order chi connectivity index (χ1) is 16.9. The monoisotopic (exact) mass is 521 g/mol. The lowest BCUT2D eigenvalue weighted by molar-refractivity contribution is -0.137. The van der Waals surface area contributed by atoms with Crippen LogP contribution in [0.25, 0.3) is 0 Å². The molecule has 0 unspecified atom stereocenters. The number of hydrogen-bond donors (Lipinski definition) is 0. The van der Waals surface area contributed by atoms with Crippen LogP contribution >= 0.6 is 0 Å². The molecule has 0 saturated carbocycles. The molecule has 0 radical (unpaired) electrons. The number of carbonyl (C=O) groups is 1. The summed E-state index contributed by atoms with van der Waals surface area (Å²) in [7, 11) is -4.49. The van der Waals surface area contributed by atoms with E-state index in [1.165, 1.54) is 12.1 Å². The predicted molar refractivity (Wildman–Crippen MR) is 123 cm³/mol. The minimum atomic E-state index is -4.69. The number of fused-ring (bicyclic) bond motifs is 1. The van der Waals surface area contributed by atoms with Gasteiger partial charge in [-0.2, -0.15) is 21.6 Å². The lowest BCUT2D eigenvalue weighted by Gasteiger charge is -2.27. The van der Waals surface area contributed by atoms with Gasteiger partial charge >= 0.3 is 16.3 Å². The predicted octanol–water partition coefficient (Wildman–Crippen LogP) is 5.25. The summed E-state index contributed by atoms with van der Waals surface area (Å²) < 4.78 is 79.5. The fraction of sp³-hybridized carbons (Fsp3) is 0.240. The van der Waals surface area contributed by atoms with E-state index in [0.717, 1.165) is 18.2 Å². The molecule has 0 bridgehead atoms. The molecule has 190 valence electrons. The van der Waals surface area contributed by atoms with E-state index < -0.39 is 26.8 Å². The number of benzene rings is 3. The molecule has 0 aromatic heterocycles. The third kappa shape index (κ3) is 5.56. The molecule has 1 aliphatic heterocycles. The van der Waals surface area contributed by atoms with Crippen LogP contribution < -0.4 is 13.7 Å². The highest BCUT2D eigenvalue weighted by Crippen LogP contribution is 2.33. The molecule has 7 nitrogen and oxygen atoms in total. The van der Waals surface area contributed by atoms with Gasteiger partial charge in [0.1, 0.15) is 10.6 Å². The third-order valence-electron chi connectivity index (χ3n) is 5.44. The number of rotatable bonds is 7. The topological polar surface area (TPSA) is 82.1 Å². The van der Waals surface area contributed by atoms with Crippen molar-refractivity contribution >= 4 is 16.0 Å². The van der Waals surface area contributed by atoms with Gasteiger partial charge in [0, 0.05) is 18.2 Å². The van der Waals surface area contributed by atoms with Gasteiger partial charge in [-0.25, -0.2) is 0 Å². The third-order valence-corrected chi connectivity index (χ3v) is 6.68. The first-order valence-electron chi connectivity index (χ1n) is 10.9. The molecule has 0 saturated heterocycles. The fourth-order valence-corrected chi connectivity index (χ4v) is 4.51. The maximum absolute atomic E-state index is 13.1. The second-order valence-corrected chi connectivity index (χ2v) is 9.85. The molecule has 1 aliphatic rings. The molecule has 1 amide bonds. The Hall–Kier alpha value is -3.73. The second-order valence-electron chi connectivity index (χ2n) is 8.30. The maximum Gasteiger partial charge on any atom is 0.416 e. The summed E-state index contributed by atoms with van der Waals surface area (Å²) in [6.07, 6.45) is -4.69. The molecule has 3 aromatic carbocycles. The number of halogens is 3. The Morgan fingerprint density at radius 3 is 2.36 bits per heavy atom. The summed E-state index contributed by atoms with van der Waals surface area (Å²) in [5.41, 5.74) is 0.0325. The van der Waals surface area contributed by atoms with Crippen LogP contribution in [0.5, 0.6) is 17.2 Å². The van der Waals surface area contributed by atoms with Gasteiger partial charge in [0.2, 0.25) is 6.79 Å². The smallest absolute Gasteiger partial charge is 0.416 e. The molecule has 3 aromatic rings. The highest BCUT2D eigenvalue weighted by molar-refractivity contribution is 7.87. The summed E-state index contributed by atoms with van der Waals surface area (Å²) in [4.78, 5) is 14.2. The zero-order chi connectivity index (χ0) is 26.1. The van der Waals surface area contributed by atoms with Crippen LogP contribution in [-0.2, 0) is 22.8 Å². The summed E-state index contributed by atoms with van der Waals surface area (Å²) in [5, 5.41) is 0. The van der Waals surface area contributed by atoms with Crippen molar-refractivity contribution in [1.82, 2.24) is 4.90 Å². The number of nitrogens with zero attached hydrogens (tertiary/aromatic N) is 1. The molecular formula is C25H22F3NO6S. The second kappa shape index (κ2) is 9.73. The SMILES string of the molecule is CC(C)N(Cc1ccc(OS(=O)(=O)c2cccc(C(F)(F)F)c2)cc1)C(=O)c1ccc2c(c1)OCO2. The van der Waals surface area contributed by atoms with E-state index in [2.05, 4.69) is 0 Å². The largest absolute Gasteiger partial charge is 0.454 e. The van der Waals surface area contributed by atoms with Crippen molar-refractivity contribution in [2.75, 3.05) is 6.79 Å². The van der Waals surface area contributed by atoms with Crippen molar-refractivity contribution in [3.63, 3.8) is 0 Å². The zero-order valence-corrected chi connectivity index (χ0v) is 20.1. The summed E-state index contributed by atoms with van der Waals surface area (Å²) in [6, 6.07) is 14.0. The van der Waals surface area contributed by atoms with E-state index in [1.54, 1.807) is 35.2 Å². The lowest BCUT2D eigenvalue weighted by Crippen LogP contribution is -2.36. The Kier molecular flexibility index (Phi) is 6.85. The van der Waals surface area contributed by atoms with Crippen molar-refractivity contribution in [2.45, 2.75) is 37.5 Å². The van der Waals surface area contributed by atoms with E-state index in [9.17, 15) is 26.4 Å². The number of hydrogen-bond acceptors (Lipinski definition) is 6. The van der Waals surface area contributed by atoms with Crippen LogP contribution in [-0.4, -0.2) is 32.1 Å². The van der Waals surface area contributed by atoms with Crippen LogP contribution in [0.15, 0.2) is 71.6 Å². The van der Waals surface area contributed by atoms with E-state index in [4.69, 9.17) is 13.7 Å². The standard InChI is InChI=1S/C25H22F3NO6S/c1-16(2)29(24(30)18-8-11-22-23(12-18)34-15-33-22)14-17-6-9-20(10-7-17)35-36(31,32)21-5-3-4-19(13-21)25(26,27)28/h3-13,16H,14-15H2,1-2H3. The summed E-state index contributed by atoms with van der Waals surface area (Å²) >= 11 is 0. The normalized spacial score (nSPS) is 13.1. The molecule has 36 heavy (non-hydrogen) atoms. The quantitative estimate of drug-likeness (QED) is 0.395. The van der Waals surface area contributed by atoms with E-state index in [1.807, 2.05) is 13.8 Å². The van der Waals surface area contributed by atoms with E-state index in [-0.39, 0.29) is 31.0 Å². The van der Waals surface area contributed by atoms with E-state index in [0.29, 0.717) is 28.7 Å². The average molecular weight is 522 g/mol. The maximum atomic E-state index is 13.1. The average Bonchev–Trinajstić information content (AvgIpc) is 3.30. The Morgan fingerprint density at radius 2 is 1.69 bits per heavy atom. The van der Waals surface area contributed by atoms with Gasteiger partial charge in [-0.1, -0.05) is 18.2 Å². The van der Waals surface area contributed by atoms with Crippen LogP contribution in [0.3, 0.4) is 0 Å². The van der Waals surface area contributed by atoms with Gasteiger partial charge in [-0.15, -0.1) is 0 Å². The Labute approximate surface area is 206 Å². The van der Waals surface area contributed by atoms with Gasteiger partial charge in [0.05, 0.1) is 5.56 Å². The molecule has 11 heteroatoms. The Bertz CT molecular complexity index is 1370. The van der Waals surface area contributed by atoms with Crippen molar-refractivity contribution in [2.24, 2.45) is 0 Å². The summed E-state index contributed by atoms with van der Waals surface area (Å²) in [5.74, 6) is 0.761. The highest BCUT2D eigenvalue weighted by atomic mass is 32.2. The molecule has 0 atom stereocenters. The van der Waals surface area contributed by atoms with Crippen molar-refractivity contribution in [3.05, 3.63) is 83.4 Å². The van der Waals surface area contributed by atoms with Crippen molar-refractivity contribution in [3.8, 4) is 17.2 Å². The molecule has 4 rings (SSSR count). The lowest BCUT2D eigenvalue weighted by atomic mass is 10.1. The van der Waals surface area contributed by atoms with Gasteiger partial charge in [-0.05, 0) is 67.9 Å². The van der Waals surface area contributed by atoms with Crippen LogP contribution in [0.1, 0.15) is 35.3 Å². The molecule has 0 fully saturated rings. The number of carbonyl (C=O) groups excluding carboxylic acids is 1. The minimum Gasteiger partial charge on any atom is -0.454 e. The molecule has 0 N–H and O–H groups in total. The van der Waals surface area contributed by atoms with Crippen molar-refractivity contribution < 1.29 is 40.0 Å². The Balaban J connectivity index is 1.48. The molecular weight excluding hydrogens is 499 g/mol. The summed E-state index contributed by atoms with van der Waals surface area (Å²) in [6.45, 7) is 4.05. The van der Waals surface area contributed by atoms with Gasteiger partial charge in [0.15, 0.2) is 11.5 Å². The number of amides is 1. The molecule has 0 spiro atoms. The Morgan fingerprint density at radius 1 is 1.00 bits per heavy atom. The van der Waals surface area contributed by atoms with Gasteiger partial charge in [-0.3, -0.25) is 4.79 Å².